The summed E-state index contributed by atoms with van der Waals surface area (Å²) in [7, 11) is 4.30. The molecule has 4 aromatic rings. The number of hydrogen-bond donors (Lipinski definition) is 2. The minimum atomic E-state index is -0.238. The van der Waals surface area contributed by atoms with Gasteiger partial charge in [0.15, 0.2) is 0 Å². The molecule has 0 spiro atoms. The highest BCUT2D eigenvalue weighted by atomic mass is 32.1. The van der Waals surface area contributed by atoms with Gasteiger partial charge < -0.3 is 10.2 Å². The van der Waals surface area contributed by atoms with E-state index in [1.165, 1.54) is 28.2 Å². The Morgan fingerprint density at radius 2 is 1.75 bits per heavy atom. The number of nitrogens with one attached hydrogen (secondary N) is 2. The van der Waals surface area contributed by atoms with Crippen LogP contribution in [0.4, 0.5) is 10.2 Å². The molecule has 0 aliphatic carbocycles. The summed E-state index contributed by atoms with van der Waals surface area (Å²) in [6, 6.07) is 15.0. The van der Waals surface area contributed by atoms with Gasteiger partial charge in [0.25, 0.3) is 0 Å². The summed E-state index contributed by atoms with van der Waals surface area (Å²) in [5, 5.41) is 6.54. The van der Waals surface area contributed by atoms with Crippen molar-refractivity contribution in [1.82, 2.24) is 9.97 Å². The first-order valence-corrected chi connectivity index (χ1v) is 10.1. The molecule has 6 heteroatoms. The van der Waals surface area contributed by atoms with E-state index in [0.717, 1.165) is 33.7 Å². The fraction of sp³-hybridized carbons (Fsp3) is 0.182. The number of thiophene rings is 1. The molecule has 0 aliphatic heterocycles. The molecule has 0 fully saturated rings. The van der Waals surface area contributed by atoms with Crippen LogP contribution in [0.25, 0.3) is 21.3 Å². The highest BCUT2D eigenvalue weighted by Crippen LogP contribution is 2.36. The Bertz CT molecular complexity index is 1090. The molecule has 2 heterocycles. The monoisotopic (exact) mass is 393 g/mol. The van der Waals surface area contributed by atoms with Crippen molar-refractivity contribution in [1.29, 1.82) is 0 Å². The normalized spacial score (nSPS) is 11.3. The first-order valence-electron chi connectivity index (χ1n) is 9.19. The summed E-state index contributed by atoms with van der Waals surface area (Å²) in [6.07, 6.45) is 1.59. The van der Waals surface area contributed by atoms with Gasteiger partial charge in [0.05, 0.1) is 19.5 Å². The molecule has 2 aromatic carbocycles. The van der Waals surface area contributed by atoms with Crippen LogP contribution in [-0.2, 0) is 13.1 Å². The van der Waals surface area contributed by atoms with Gasteiger partial charge in [-0.1, -0.05) is 36.4 Å². The smallest absolute Gasteiger partial charge is 0.139 e. The number of nitrogens with zero attached hydrogens (tertiary/aromatic N) is 2. The summed E-state index contributed by atoms with van der Waals surface area (Å²) < 4.78 is 13.3. The maximum atomic E-state index is 13.3. The Kier molecular flexibility index (Phi) is 5.32. The van der Waals surface area contributed by atoms with E-state index in [4.69, 9.17) is 0 Å². The maximum Gasteiger partial charge on any atom is 0.139 e. The van der Waals surface area contributed by atoms with Crippen LogP contribution in [0.1, 0.15) is 11.1 Å². The van der Waals surface area contributed by atoms with Crippen LogP contribution in [0.15, 0.2) is 60.2 Å². The van der Waals surface area contributed by atoms with E-state index in [0.29, 0.717) is 6.54 Å². The van der Waals surface area contributed by atoms with Crippen LogP contribution in [-0.4, -0.2) is 24.1 Å². The second-order valence-corrected chi connectivity index (χ2v) is 7.92. The van der Waals surface area contributed by atoms with Crippen LogP contribution in [0, 0.1) is 5.82 Å². The number of anilines is 1. The van der Waals surface area contributed by atoms with Crippen molar-refractivity contribution in [3.8, 4) is 11.1 Å². The molecule has 142 valence electrons. The van der Waals surface area contributed by atoms with Crippen molar-refractivity contribution >= 4 is 27.4 Å². The van der Waals surface area contributed by atoms with Gasteiger partial charge in [-0.3, -0.25) is 0 Å². The number of rotatable bonds is 6. The average Bonchev–Trinajstić information content (AvgIpc) is 3.12. The molecule has 0 saturated carbocycles. The molecule has 0 amide bonds. The summed E-state index contributed by atoms with van der Waals surface area (Å²) in [5.74, 6) is 0.565. The number of hydrogen-bond acceptors (Lipinski definition) is 4. The summed E-state index contributed by atoms with van der Waals surface area (Å²) in [6.45, 7) is 1.66. The van der Waals surface area contributed by atoms with E-state index in [2.05, 4.69) is 59.0 Å². The Hall–Kier alpha value is -2.83. The first kappa shape index (κ1) is 18.5. The minimum absolute atomic E-state index is 0.238. The first-order chi connectivity index (χ1) is 13.6. The van der Waals surface area contributed by atoms with Crippen LogP contribution >= 0.6 is 11.3 Å². The molecule has 28 heavy (non-hydrogen) atoms. The molecule has 0 radical (unpaired) electrons. The Balaban J connectivity index is 1.67. The molecule has 0 atom stereocenters. The highest BCUT2D eigenvalue weighted by molar-refractivity contribution is 7.17. The Morgan fingerprint density at radius 1 is 1.00 bits per heavy atom. The molecular formula is C22H22FN4S+. The predicted molar refractivity (Wildman–Crippen MR) is 113 cm³/mol. The third-order valence-electron chi connectivity index (χ3n) is 4.63. The molecule has 0 saturated heterocycles. The van der Waals surface area contributed by atoms with E-state index >= 15 is 0 Å². The minimum Gasteiger partial charge on any atom is -0.365 e. The third-order valence-corrected chi connectivity index (χ3v) is 5.52. The largest absolute Gasteiger partial charge is 0.365 e. The number of quaternary nitrogens is 1. The Labute approximate surface area is 167 Å². The van der Waals surface area contributed by atoms with Gasteiger partial charge in [-0.2, -0.15) is 0 Å². The van der Waals surface area contributed by atoms with Gasteiger partial charge in [0.1, 0.15) is 29.3 Å². The predicted octanol–water partition coefficient (Wildman–Crippen LogP) is 3.75. The molecule has 0 unspecified atom stereocenters. The van der Waals surface area contributed by atoms with Gasteiger partial charge in [0, 0.05) is 23.1 Å². The van der Waals surface area contributed by atoms with E-state index in [1.54, 1.807) is 29.8 Å². The Morgan fingerprint density at radius 3 is 2.50 bits per heavy atom. The lowest BCUT2D eigenvalue weighted by Crippen LogP contribution is -3.04. The van der Waals surface area contributed by atoms with Gasteiger partial charge in [-0.25, -0.2) is 14.4 Å². The molecular weight excluding hydrogens is 371 g/mol. The quantitative estimate of drug-likeness (QED) is 0.524. The van der Waals surface area contributed by atoms with E-state index in [-0.39, 0.29) is 5.82 Å². The zero-order valence-electron chi connectivity index (χ0n) is 15.9. The van der Waals surface area contributed by atoms with Crippen molar-refractivity contribution in [3.05, 3.63) is 77.2 Å². The highest BCUT2D eigenvalue weighted by Gasteiger charge is 2.14. The molecule has 2 aromatic heterocycles. The molecule has 4 nitrogen and oxygen atoms in total. The maximum absolute atomic E-state index is 13.3. The van der Waals surface area contributed by atoms with Crippen molar-refractivity contribution < 1.29 is 9.29 Å². The zero-order valence-corrected chi connectivity index (χ0v) is 16.7. The standard InChI is InChI=1S/C22H21FN4S/c1-27(2)12-17-6-4-3-5-16(17)11-24-21-20-19(13-28-22(20)26-14-25-21)15-7-9-18(23)10-8-15/h3-10,13-14H,11-12H2,1-2H3,(H,24,25,26)/p+1. The topological polar surface area (TPSA) is 42.2 Å². The van der Waals surface area contributed by atoms with Gasteiger partial charge >= 0.3 is 0 Å². The van der Waals surface area contributed by atoms with Crippen LogP contribution < -0.4 is 10.2 Å². The van der Waals surface area contributed by atoms with Gasteiger partial charge in [-0.15, -0.1) is 11.3 Å². The zero-order chi connectivity index (χ0) is 19.5. The fourth-order valence-corrected chi connectivity index (χ4v) is 4.23. The second-order valence-electron chi connectivity index (χ2n) is 7.06. The lowest BCUT2D eigenvalue weighted by molar-refractivity contribution is -0.872. The molecule has 0 bridgehead atoms. The number of aromatic nitrogens is 2. The van der Waals surface area contributed by atoms with Gasteiger partial charge in [0.2, 0.25) is 0 Å². The van der Waals surface area contributed by atoms with Crippen molar-refractivity contribution in [2.24, 2.45) is 0 Å². The van der Waals surface area contributed by atoms with E-state index < -0.39 is 0 Å². The number of benzene rings is 2. The van der Waals surface area contributed by atoms with Crippen LogP contribution in [0.2, 0.25) is 0 Å². The van der Waals surface area contributed by atoms with Crippen LogP contribution in [0.5, 0.6) is 0 Å². The van der Waals surface area contributed by atoms with Crippen molar-refractivity contribution in [2.45, 2.75) is 13.1 Å². The molecule has 0 aliphatic rings. The van der Waals surface area contributed by atoms with E-state index in [1.807, 2.05) is 0 Å². The fourth-order valence-electron chi connectivity index (χ4n) is 3.31. The summed E-state index contributed by atoms with van der Waals surface area (Å²) in [5.41, 5.74) is 4.56. The van der Waals surface area contributed by atoms with Crippen molar-refractivity contribution in [3.63, 3.8) is 0 Å². The number of fused-ring (bicyclic) bond motifs is 1. The average molecular weight is 394 g/mol. The molecule has 4 rings (SSSR count). The summed E-state index contributed by atoms with van der Waals surface area (Å²) >= 11 is 1.57. The SMILES string of the molecule is C[NH+](C)Cc1ccccc1CNc1ncnc2scc(-c3ccc(F)cc3)c12. The second kappa shape index (κ2) is 8.04. The lowest BCUT2D eigenvalue weighted by atomic mass is 10.1. The van der Waals surface area contributed by atoms with Crippen molar-refractivity contribution in [2.75, 3.05) is 19.4 Å². The van der Waals surface area contributed by atoms with E-state index in [9.17, 15) is 4.39 Å². The lowest BCUT2D eigenvalue weighted by Gasteiger charge is -2.14. The van der Waals surface area contributed by atoms with Gasteiger partial charge in [-0.05, 0) is 23.3 Å². The van der Waals surface area contributed by atoms with Crippen LogP contribution in [0.3, 0.4) is 0 Å². The summed E-state index contributed by atoms with van der Waals surface area (Å²) in [4.78, 5) is 11.2. The molecule has 2 N–H and O–H groups in total. The number of halogens is 1. The third kappa shape index (κ3) is 3.88.